The van der Waals surface area contributed by atoms with E-state index in [1.54, 1.807) is 0 Å². The minimum atomic E-state index is -1.21. The van der Waals surface area contributed by atoms with Crippen LogP contribution >= 0.6 is 0 Å². The summed E-state index contributed by atoms with van der Waals surface area (Å²) in [5.74, 6) is -1.75. The van der Waals surface area contributed by atoms with Crippen LogP contribution in [0.25, 0.3) is 0 Å². The van der Waals surface area contributed by atoms with Crippen molar-refractivity contribution in [2.24, 2.45) is 5.92 Å². The van der Waals surface area contributed by atoms with Crippen LogP contribution < -0.4 is 16.0 Å². The fourth-order valence-electron chi connectivity index (χ4n) is 4.89. The van der Waals surface area contributed by atoms with Crippen molar-refractivity contribution >= 4 is 23.8 Å². The molecule has 222 valence electrons. The maximum absolute atomic E-state index is 13.4. The van der Waals surface area contributed by atoms with Crippen LogP contribution in [0.15, 0.2) is 60.7 Å². The van der Waals surface area contributed by atoms with Crippen molar-refractivity contribution in [1.82, 2.24) is 16.0 Å². The fourth-order valence-corrected chi connectivity index (χ4v) is 4.89. The zero-order valence-corrected chi connectivity index (χ0v) is 23.9. The number of hydrogen-bond donors (Lipinski definition) is 3. The van der Waals surface area contributed by atoms with Gasteiger partial charge in [-0.1, -0.05) is 99.7 Å². The van der Waals surface area contributed by atoms with Crippen molar-refractivity contribution < 1.29 is 28.7 Å². The molecule has 2 aromatic rings. The zero-order valence-electron chi connectivity index (χ0n) is 23.9. The largest absolute Gasteiger partial charge is 0.461 e. The molecule has 1 aliphatic rings. The van der Waals surface area contributed by atoms with Gasteiger partial charge in [-0.3, -0.25) is 14.4 Å². The molecule has 0 aromatic heterocycles. The molecule has 2 atom stereocenters. The Morgan fingerprint density at radius 2 is 1.41 bits per heavy atom. The summed E-state index contributed by atoms with van der Waals surface area (Å²) in [6, 6.07) is 16.4. The van der Waals surface area contributed by atoms with E-state index in [4.69, 9.17) is 9.47 Å². The SMILES string of the molecule is CCNCC(=O)N[C@@H](CC(=O)OCc1ccccc1)C(=O)N[C@@H](CCC1CCCCC1)C(=O)OCc1ccccc1. The van der Waals surface area contributed by atoms with E-state index in [1.165, 1.54) is 19.3 Å². The smallest absolute Gasteiger partial charge is 0.328 e. The molecule has 0 heterocycles. The van der Waals surface area contributed by atoms with Gasteiger partial charge in [0.15, 0.2) is 0 Å². The highest BCUT2D eigenvalue weighted by Crippen LogP contribution is 2.28. The van der Waals surface area contributed by atoms with E-state index in [0.29, 0.717) is 18.9 Å². The Kier molecular flexibility index (Phi) is 13.9. The first-order valence-electron chi connectivity index (χ1n) is 14.6. The molecule has 0 aliphatic heterocycles. The number of carbonyl (C=O) groups excluding carboxylic acids is 4. The molecule has 41 heavy (non-hydrogen) atoms. The van der Waals surface area contributed by atoms with E-state index < -0.39 is 35.8 Å². The standard InChI is InChI=1S/C32H43N3O6/c1-2-33-21-29(36)34-28(20-30(37)40-22-25-14-8-4-9-15-25)31(38)35-27(19-18-24-12-6-3-7-13-24)32(39)41-23-26-16-10-5-11-17-26/h4-5,8-11,14-17,24,27-28,33H,2-3,6-7,12-13,18-23H2,1H3,(H,34,36)(H,35,38)/t27-,28-/m0/s1. The van der Waals surface area contributed by atoms with Crippen LogP contribution in [0.5, 0.6) is 0 Å². The summed E-state index contributed by atoms with van der Waals surface area (Å²) in [6.07, 6.45) is 6.61. The highest BCUT2D eigenvalue weighted by atomic mass is 16.5. The number of benzene rings is 2. The lowest BCUT2D eigenvalue weighted by atomic mass is 9.85. The molecule has 2 amide bonds. The molecule has 0 bridgehead atoms. The molecule has 9 heteroatoms. The monoisotopic (exact) mass is 565 g/mol. The molecule has 3 rings (SSSR count). The first-order chi connectivity index (χ1) is 19.9. The maximum Gasteiger partial charge on any atom is 0.328 e. The summed E-state index contributed by atoms with van der Waals surface area (Å²) >= 11 is 0. The van der Waals surface area contributed by atoms with E-state index in [9.17, 15) is 19.2 Å². The van der Waals surface area contributed by atoms with Crippen LogP contribution in [0.3, 0.4) is 0 Å². The Labute approximate surface area is 242 Å². The normalized spacial score (nSPS) is 14.9. The van der Waals surface area contributed by atoms with Crippen LogP contribution in [0, 0.1) is 5.92 Å². The summed E-state index contributed by atoms with van der Waals surface area (Å²) in [5, 5.41) is 8.31. The number of hydrogen-bond acceptors (Lipinski definition) is 7. The second-order valence-electron chi connectivity index (χ2n) is 10.5. The highest BCUT2D eigenvalue weighted by molar-refractivity contribution is 5.93. The second kappa shape index (κ2) is 17.9. The van der Waals surface area contributed by atoms with Gasteiger partial charge in [0.1, 0.15) is 25.3 Å². The number of nitrogens with one attached hydrogen (secondary N) is 3. The van der Waals surface area contributed by atoms with Crippen molar-refractivity contribution in [1.29, 1.82) is 0 Å². The third-order valence-corrected chi connectivity index (χ3v) is 7.21. The van der Waals surface area contributed by atoms with Gasteiger partial charge in [0.25, 0.3) is 0 Å². The van der Waals surface area contributed by atoms with Gasteiger partial charge in [-0.05, 0) is 36.4 Å². The summed E-state index contributed by atoms with van der Waals surface area (Å²) in [7, 11) is 0. The molecule has 1 saturated carbocycles. The molecule has 0 saturated heterocycles. The van der Waals surface area contributed by atoms with Gasteiger partial charge in [-0.2, -0.15) is 0 Å². The van der Waals surface area contributed by atoms with Gasteiger partial charge in [-0.15, -0.1) is 0 Å². The Bertz CT molecular complexity index is 1090. The van der Waals surface area contributed by atoms with Crippen molar-refractivity contribution in [2.75, 3.05) is 13.1 Å². The molecule has 0 spiro atoms. The van der Waals surface area contributed by atoms with Gasteiger partial charge in [0.05, 0.1) is 13.0 Å². The number of carbonyl (C=O) groups is 4. The molecular weight excluding hydrogens is 522 g/mol. The second-order valence-corrected chi connectivity index (χ2v) is 10.5. The Morgan fingerprint density at radius 3 is 2.02 bits per heavy atom. The molecule has 1 aliphatic carbocycles. The van der Waals surface area contributed by atoms with E-state index in [2.05, 4.69) is 16.0 Å². The van der Waals surface area contributed by atoms with Gasteiger partial charge in [0.2, 0.25) is 11.8 Å². The maximum atomic E-state index is 13.4. The molecule has 9 nitrogen and oxygen atoms in total. The van der Waals surface area contributed by atoms with Crippen LogP contribution in [0.2, 0.25) is 0 Å². The number of ether oxygens (including phenoxy) is 2. The lowest BCUT2D eigenvalue weighted by Crippen LogP contribution is -2.53. The van der Waals surface area contributed by atoms with Gasteiger partial charge >= 0.3 is 11.9 Å². The van der Waals surface area contributed by atoms with Gasteiger partial charge in [-0.25, -0.2) is 4.79 Å². The summed E-state index contributed by atoms with van der Waals surface area (Å²) in [4.78, 5) is 51.8. The number of esters is 2. The molecular formula is C32H43N3O6. The third kappa shape index (κ3) is 12.1. The number of amides is 2. The predicted octanol–water partition coefficient (Wildman–Crippen LogP) is 3.80. The molecule has 0 radical (unpaired) electrons. The number of rotatable bonds is 16. The van der Waals surface area contributed by atoms with Crippen molar-refractivity contribution in [3.63, 3.8) is 0 Å². The van der Waals surface area contributed by atoms with E-state index in [1.807, 2.05) is 67.6 Å². The highest BCUT2D eigenvalue weighted by Gasteiger charge is 2.30. The third-order valence-electron chi connectivity index (χ3n) is 7.21. The fraction of sp³-hybridized carbons (Fsp3) is 0.500. The van der Waals surface area contributed by atoms with E-state index in [0.717, 1.165) is 30.4 Å². The molecule has 0 unspecified atom stereocenters. The first-order valence-corrected chi connectivity index (χ1v) is 14.6. The van der Waals surface area contributed by atoms with Gasteiger partial charge in [0, 0.05) is 0 Å². The summed E-state index contributed by atoms with van der Waals surface area (Å²) < 4.78 is 10.9. The Hall–Kier alpha value is -3.72. The predicted molar refractivity (Wildman–Crippen MR) is 155 cm³/mol. The molecule has 2 aromatic carbocycles. The van der Waals surface area contributed by atoms with Crippen LogP contribution in [-0.4, -0.2) is 48.9 Å². The minimum absolute atomic E-state index is 0.0103. The minimum Gasteiger partial charge on any atom is -0.461 e. The van der Waals surface area contributed by atoms with Crippen molar-refractivity contribution in [3.8, 4) is 0 Å². The average Bonchev–Trinajstić information content (AvgIpc) is 3.01. The summed E-state index contributed by atoms with van der Waals surface area (Å²) in [5.41, 5.74) is 1.65. The lowest BCUT2D eigenvalue weighted by molar-refractivity contribution is -0.150. The van der Waals surface area contributed by atoms with Crippen LogP contribution in [0.1, 0.15) is 69.4 Å². The Balaban J connectivity index is 1.66. The number of likely N-dealkylation sites (N-methyl/N-ethyl adjacent to an activating group) is 1. The van der Waals surface area contributed by atoms with Crippen LogP contribution in [-0.2, 0) is 41.9 Å². The summed E-state index contributed by atoms with van der Waals surface area (Å²) in [6.45, 7) is 2.55. The Morgan fingerprint density at radius 1 is 0.805 bits per heavy atom. The quantitative estimate of drug-likeness (QED) is 0.265. The van der Waals surface area contributed by atoms with E-state index >= 15 is 0 Å². The van der Waals surface area contributed by atoms with E-state index in [-0.39, 0.29) is 26.2 Å². The van der Waals surface area contributed by atoms with Gasteiger partial charge < -0.3 is 25.4 Å². The van der Waals surface area contributed by atoms with Crippen molar-refractivity contribution in [2.45, 2.75) is 83.6 Å². The van der Waals surface area contributed by atoms with Crippen LogP contribution in [0.4, 0.5) is 0 Å². The zero-order chi connectivity index (χ0) is 29.3. The first kappa shape index (κ1) is 31.8. The average molecular weight is 566 g/mol. The topological polar surface area (TPSA) is 123 Å². The lowest BCUT2D eigenvalue weighted by Gasteiger charge is -2.25. The van der Waals surface area contributed by atoms with Crippen molar-refractivity contribution in [3.05, 3.63) is 71.8 Å². The molecule has 3 N–H and O–H groups in total. The molecule has 1 fully saturated rings.